The van der Waals surface area contributed by atoms with E-state index < -0.39 is 10.0 Å². The molecule has 144 valence electrons. The molecule has 6 nitrogen and oxygen atoms in total. The molecule has 1 amide bonds. The predicted octanol–water partition coefficient (Wildman–Crippen LogP) is 3.05. The van der Waals surface area contributed by atoms with Crippen molar-refractivity contribution in [2.45, 2.75) is 31.1 Å². The Morgan fingerprint density at radius 1 is 1.07 bits per heavy atom. The normalized spacial score (nSPS) is 14.2. The van der Waals surface area contributed by atoms with Crippen molar-refractivity contribution < 1.29 is 17.9 Å². The minimum Gasteiger partial charge on any atom is -0.492 e. The van der Waals surface area contributed by atoms with Gasteiger partial charge in [0.25, 0.3) is 10.0 Å². The van der Waals surface area contributed by atoms with Gasteiger partial charge in [0.2, 0.25) is 5.91 Å². The highest BCUT2D eigenvalue weighted by atomic mass is 32.2. The van der Waals surface area contributed by atoms with Crippen molar-refractivity contribution in [3.05, 3.63) is 54.1 Å². The average Bonchev–Trinajstić information content (AvgIpc) is 3.19. The molecule has 0 spiro atoms. The molecule has 1 aliphatic heterocycles. The van der Waals surface area contributed by atoms with Gasteiger partial charge in [-0.3, -0.25) is 9.52 Å². The lowest BCUT2D eigenvalue weighted by Crippen LogP contribution is -2.29. The number of carbonyl (C=O) groups excluding carboxylic acids is 1. The Morgan fingerprint density at radius 3 is 2.41 bits per heavy atom. The smallest absolute Gasteiger partial charge is 0.265 e. The number of anilines is 1. The molecule has 1 fully saturated rings. The van der Waals surface area contributed by atoms with E-state index in [-0.39, 0.29) is 10.8 Å². The van der Waals surface area contributed by atoms with E-state index in [1.54, 1.807) is 49.4 Å². The molecule has 1 heterocycles. The summed E-state index contributed by atoms with van der Waals surface area (Å²) in [6.07, 6.45) is 2.46. The number of sulfonamides is 1. The van der Waals surface area contributed by atoms with Crippen LogP contribution in [0, 0.1) is 0 Å². The van der Waals surface area contributed by atoms with Gasteiger partial charge in [-0.15, -0.1) is 0 Å². The minimum atomic E-state index is -3.77. The van der Waals surface area contributed by atoms with Crippen LogP contribution >= 0.6 is 0 Å². The Labute approximate surface area is 160 Å². The molecule has 1 saturated heterocycles. The van der Waals surface area contributed by atoms with E-state index in [0.29, 0.717) is 24.5 Å². The molecule has 0 aliphatic carbocycles. The van der Waals surface area contributed by atoms with Gasteiger partial charge in [-0.05, 0) is 49.6 Å². The maximum absolute atomic E-state index is 12.7. The average molecular weight is 388 g/mol. The molecule has 2 aromatic rings. The number of para-hydroxylation sites is 1. The van der Waals surface area contributed by atoms with Crippen LogP contribution in [0.25, 0.3) is 0 Å². The zero-order valence-corrected chi connectivity index (χ0v) is 16.2. The SMILES string of the molecule is CCOc1ccccc1S(=O)(=O)Nc1ccc(CC(=O)N2CCCC2)cc1. The van der Waals surface area contributed by atoms with Gasteiger partial charge in [0, 0.05) is 18.8 Å². The van der Waals surface area contributed by atoms with E-state index in [1.807, 2.05) is 4.90 Å². The van der Waals surface area contributed by atoms with Crippen LogP contribution in [0.1, 0.15) is 25.3 Å². The second kappa shape index (κ2) is 8.43. The number of carbonyl (C=O) groups is 1. The summed E-state index contributed by atoms with van der Waals surface area (Å²) in [5.74, 6) is 0.437. The fraction of sp³-hybridized carbons (Fsp3) is 0.350. The number of likely N-dealkylation sites (tertiary alicyclic amines) is 1. The lowest BCUT2D eigenvalue weighted by Gasteiger charge is -2.15. The van der Waals surface area contributed by atoms with E-state index in [4.69, 9.17) is 4.74 Å². The first-order valence-electron chi connectivity index (χ1n) is 9.11. The number of hydrogen-bond acceptors (Lipinski definition) is 4. The van der Waals surface area contributed by atoms with Gasteiger partial charge in [-0.1, -0.05) is 24.3 Å². The van der Waals surface area contributed by atoms with Gasteiger partial charge in [0.1, 0.15) is 10.6 Å². The van der Waals surface area contributed by atoms with Crippen LogP contribution in [0.4, 0.5) is 5.69 Å². The van der Waals surface area contributed by atoms with Crippen molar-refractivity contribution in [2.24, 2.45) is 0 Å². The Balaban J connectivity index is 1.69. The molecule has 0 saturated carbocycles. The van der Waals surface area contributed by atoms with Gasteiger partial charge < -0.3 is 9.64 Å². The summed E-state index contributed by atoms with van der Waals surface area (Å²) in [6, 6.07) is 13.4. The molecule has 0 atom stereocenters. The fourth-order valence-electron chi connectivity index (χ4n) is 3.10. The highest BCUT2D eigenvalue weighted by Crippen LogP contribution is 2.25. The van der Waals surface area contributed by atoms with Gasteiger partial charge in [-0.25, -0.2) is 8.42 Å². The molecule has 0 radical (unpaired) electrons. The topological polar surface area (TPSA) is 75.7 Å². The summed E-state index contributed by atoms with van der Waals surface area (Å²) in [6.45, 7) is 3.84. The second-order valence-electron chi connectivity index (χ2n) is 6.45. The van der Waals surface area contributed by atoms with Gasteiger partial charge in [0.15, 0.2) is 0 Å². The highest BCUT2D eigenvalue weighted by Gasteiger charge is 2.20. The number of hydrogen-bond donors (Lipinski definition) is 1. The lowest BCUT2D eigenvalue weighted by molar-refractivity contribution is -0.129. The zero-order chi connectivity index (χ0) is 19.3. The van der Waals surface area contributed by atoms with Crippen LogP contribution in [0.3, 0.4) is 0 Å². The summed E-state index contributed by atoms with van der Waals surface area (Å²) in [4.78, 5) is 14.2. The van der Waals surface area contributed by atoms with Crippen LogP contribution in [-0.2, 0) is 21.2 Å². The predicted molar refractivity (Wildman–Crippen MR) is 104 cm³/mol. The maximum atomic E-state index is 12.7. The molecule has 0 unspecified atom stereocenters. The van der Waals surface area contributed by atoms with Gasteiger partial charge in [0.05, 0.1) is 13.0 Å². The molecule has 7 heteroatoms. The van der Waals surface area contributed by atoms with Crippen molar-refractivity contribution in [3.8, 4) is 5.75 Å². The van der Waals surface area contributed by atoms with E-state index in [2.05, 4.69) is 4.72 Å². The summed E-state index contributed by atoms with van der Waals surface area (Å²) in [5, 5.41) is 0. The number of rotatable bonds is 7. The summed E-state index contributed by atoms with van der Waals surface area (Å²) in [5.41, 5.74) is 1.31. The van der Waals surface area contributed by atoms with E-state index in [1.165, 1.54) is 6.07 Å². The van der Waals surface area contributed by atoms with Crippen molar-refractivity contribution in [1.82, 2.24) is 4.90 Å². The molecule has 0 aromatic heterocycles. The van der Waals surface area contributed by atoms with Crippen LogP contribution < -0.4 is 9.46 Å². The highest BCUT2D eigenvalue weighted by molar-refractivity contribution is 7.92. The van der Waals surface area contributed by atoms with Crippen LogP contribution in [0.15, 0.2) is 53.4 Å². The van der Waals surface area contributed by atoms with E-state index in [9.17, 15) is 13.2 Å². The summed E-state index contributed by atoms with van der Waals surface area (Å²) >= 11 is 0. The first-order valence-corrected chi connectivity index (χ1v) is 10.6. The number of amides is 1. The third-order valence-corrected chi connectivity index (χ3v) is 5.88. The van der Waals surface area contributed by atoms with E-state index in [0.717, 1.165) is 31.5 Å². The molecular formula is C20H24N2O4S. The minimum absolute atomic E-state index is 0.0973. The number of benzene rings is 2. The first kappa shape index (κ1) is 19.2. The standard InChI is InChI=1S/C20H24N2O4S/c1-2-26-18-7-3-4-8-19(18)27(24,25)21-17-11-9-16(10-12-17)15-20(23)22-13-5-6-14-22/h3-4,7-12,21H,2,5-6,13-15H2,1H3. The van der Waals surface area contributed by atoms with Crippen LogP contribution in [0.2, 0.25) is 0 Å². The Bertz CT molecular complexity index is 888. The molecule has 2 aromatic carbocycles. The lowest BCUT2D eigenvalue weighted by atomic mass is 10.1. The molecular weight excluding hydrogens is 364 g/mol. The monoisotopic (exact) mass is 388 g/mol. The van der Waals surface area contributed by atoms with Crippen molar-refractivity contribution in [3.63, 3.8) is 0 Å². The van der Waals surface area contributed by atoms with Crippen LogP contribution in [-0.4, -0.2) is 38.9 Å². The third-order valence-electron chi connectivity index (χ3n) is 4.46. The van der Waals surface area contributed by atoms with Gasteiger partial charge in [-0.2, -0.15) is 0 Å². The van der Waals surface area contributed by atoms with Crippen molar-refractivity contribution in [1.29, 1.82) is 0 Å². The molecule has 0 bridgehead atoms. The second-order valence-corrected chi connectivity index (χ2v) is 8.10. The maximum Gasteiger partial charge on any atom is 0.265 e. The fourth-order valence-corrected chi connectivity index (χ4v) is 4.31. The van der Waals surface area contributed by atoms with Crippen molar-refractivity contribution in [2.75, 3.05) is 24.4 Å². The first-order chi connectivity index (χ1) is 13.0. The summed E-state index contributed by atoms with van der Waals surface area (Å²) in [7, 11) is -3.77. The number of nitrogens with one attached hydrogen (secondary N) is 1. The molecule has 1 N–H and O–H groups in total. The van der Waals surface area contributed by atoms with Gasteiger partial charge >= 0.3 is 0 Å². The van der Waals surface area contributed by atoms with Crippen LogP contribution in [0.5, 0.6) is 5.75 Å². The quantitative estimate of drug-likeness (QED) is 0.791. The molecule has 3 rings (SSSR count). The number of ether oxygens (including phenoxy) is 1. The number of nitrogens with zero attached hydrogens (tertiary/aromatic N) is 1. The molecule has 1 aliphatic rings. The Morgan fingerprint density at radius 2 is 1.74 bits per heavy atom. The Kier molecular flexibility index (Phi) is 6.01. The molecule has 27 heavy (non-hydrogen) atoms. The largest absolute Gasteiger partial charge is 0.492 e. The Hall–Kier alpha value is -2.54. The van der Waals surface area contributed by atoms with Crippen molar-refractivity contribution >= 4 is 21.6 Å². The van der Waals surface area contributed by atoms with E-state index >= 15 is 0 Å². The third kappa shape index (κ3) is 4.80. The zero-order valence-electron chi connectivity index (χ0n) is 15.3. The summed E-state index contributed by atoms with van der Waals surface area (Å²) < 4.78 is 33.3.